The molecule has 0 bridgehead atoms. The number of hydrogen-bond acceptors (Lipinski definition) is 2. The van der Waals surface area contributed by atoms with Gasteiger partial charge in [-0.25, -0.2) is 0 Å². The van der Waals surface area contributed by atoms with Crippen LogP contribution < -0.4 is 5.73 Å². The number of nitrogens with two attached hydrogens (primary N) is 1. The molecule has 1 aliphatic rings. The van der Waals surface area contributed by atoms with Gasteiger partial charge in [-0.15, -0.1) is 0 Å². The molecule has 2 nitrogen and oxygen atoms in total. The first kappa shape index (κ1) is 14.0. The Balaban J connectivity index is 2.14. The molecule has 1 saturated heterocycles. The van der Waals surface area contributed by atoms with Gasteiger partial charge < -0.3 is 5.73 Å². The number of likely N-dealkylation sites (tertiary alicyclic amines) is 1. The van der Waals surface area contributed by atoms with E-state index in [-0.39, 0.29) is 5.54 Å². The Labute approximate surface area is 119 Å². The zero-order chi connectivity index (χ0) is 13.2. The van der Waals surface area contributed by atoms with Crippen LogP contribution in [0.3, 0.4) is 0 Å². The summed E-state index contributed by atoms with van der Waals surface area (Å²) in [6, 6.07) is 9.27. The van der Waals surface area contributed by atoms with E-state index in [1.807, 2.05) is 0 Å². The summed E-state index contributed by atoms with van der Waals surface area (Å²) in [7, 11) is 0. The monoisotopic (exact) mass is 310 g/mol. The fourth-order valence-corrected chi connectivity index (χ4v) is 3.33. The van der Waals surface area contributed by atoms with Crippen LogP contribution in [0.25, 0.3) is 0 Å². The summed E-state index contributed by atoms with van der Waals surface area (Å²) >= 11 is 3.48. The summed E-state index contributed by atoms with van der Waals surface area (Å²) in [5.74, 6) is 0. The first-order valence-corrected chi connectivity index (χ1v) is 7.56. The van der Waals surface area contributed by atoms with Crippen molar-refractivity contribution in [1.29, 1.82) is 0 Å². The molecule has 0 amide bonds. The smallest absolute Gasteiger partial charge is 0.0346 e. The fourth-order valence-electron chi connectivity index (χ4n) is 3.07. The molecule has 1 fully saturated rings. The van der Waals surface area contributed by atoms with E-state index >= 15 is 0 Å². The third-order valence-electron chi connectivity index (χ3n) is 4.18. The Kier molecular flexibility index (Phi) is 4.46. The summed E-state index contributed by atoms with van der Waals surface area (Å²) in [6.07, 6.45) is 3.63. The molecule has 100 valence electrons. The van der Waals surface area contributed by atoms with E-state index in [1.165, 1.54) is 24.9 Å². The molecule has 0 radical (unpaired) electrons. The van der Waals surface area contributed by atoms with Gasteiger partial charge in [-0.3, -0.25) is 4.90 Å². The normalized spacial score (nSPS) is 24.1. The second-order valence-corrected chi connectivity index (χ2v) is 6.60. The average molecular weight is 311 g/mol. The molecule has 1 aromatic carbocycles. The highest BCUT2D eigenvalue weighted by atomic mass is 79.9. The molecule has 0 spiro atoms. The summed E-state index contributed by atoms with van der Waals surface area (Å²) in [6.45, 7) is 6.53. The van der Waals surface area contributed by atoms with E-state index in [0.29, 0.717) is 12.6 Å². The summed E-state index contributed by atoms with van der Waals surface area (Å²) in [4.78, 5) is 2.59. The SMILES string of the molecule is CC1CCCN1C(C)(CN)Cc1ccc(Br)cc1. The summed E-state index contributed by atoms with van der Waals surface area (Å²) in [5.41, 5.74) is 7.53. The summed E-state index contributed by atoms with van der Waals surface area (Å²) < 4.78 is 1.13. The molecule has 3 heteroatoms. The van der Waals surface area contributed by atoms with Crippen LogP contribution in [0, 0.1) is 0 Å². The van der Waals surface area contributed by atoms with Crippen LogP contribution >= 0.6 is 15.9 Å². The van der Waals surface area contributed by atoms with Gasteiger partial charge in [0.05, 0.1) is 0 Å². The van der Waals surface area contributed by atoms with Gasteiger partial charge in [-0.1, -0.05) is 28.1 Å². The molecular formula is C15H23BrN2. The molecule has 18 heavy (non-hydrogen) atoms. The minimum absolute atomic E-state index is 0.0870. The molecule has 1 aromatic rings. The third kappa shape index (κ3) is 2.95. The molecule has 2 rings (SSSR count). The number of benzene rings is 1. The molecule has 2 N–H and O–H groups in total. The first-order chi connectivity index (χ1) is 8.55. The molecular weight excluding hydrogens is 288 g/mol. The maximum atomic E-state index is 6.08. The largest absolute Gasteiger partial charge is 0.329 e. The highest BCUT2D eigenvalue weighted by Crippen LogP contribution is 2.29. The zero-order valence-corrected chi connectivity index (χ0v) is 12.9. The quantitative estimate of drug-likeness (QED) is 0.925. The van der Waals surface area contributed by atoms with Gasteiger partial charge in [0.15, 0.2) is 0 Å². The summed E-state index contributed by atoms with van der Waals surface area (Å²) in [5, 5.41) is 0. The Morgan fingerprint density at radius 2 is 2.06 bits per heavy atom. The highest BCUT2D eigenvalue weighted by Gasteiger charge is 2.36. The molecule has 2 atom stereocenters. The average Bonchev–Trinajstić information content (AvgIpc) is 2.79. The van der Waals surface area contributed by atoms with E-state index < -0.39 is 0 Å². The van der Waals surface area contributed by atoms with Crippen molar-refractivity contribution in [2.75, 3.05) is 13.1 Å². The number of rotatable bonds is 4. The van der Waals surface area contributed by atoms with Crippen molar-refractivity contribution in [2.24, 2.45) is 5.73 Å². The lowest BCUT2D eigenvalue weighted by Crippen LogP contribution is -2.54. The van der Waals surface area contributed by atoms with Crippen LogP contribution in [0.2, 0.25) is 0 Å². The maximum Gasteiger partial charge on any atom is 0.0346 e. The van der Waals surface area contributed by atoms with Crippen molar-refractivity contribution < 1.29 is 0 Å². The van der Waals surface area contributed by atoms with Crippen LogP contribution in [0.15, 0.2) is 28.7 Å². The number of hydrogen-bond donors (Lipinski definition) is 1. The topological polar surface area (TPSA) is 29.3 Å². The van der Waals surface area contributed by atoms with Crippen molar-refractivity contribution in [3.05, 3.63) is 34.3 Å². The predicted octanol–water partition coefficient (Wildman–Crippen LogP) is 3.19. The highest BCUT2D eigenvalue weighted by molar-refractivity contribution is 9.10. The standard InChI is InChI=1S/C15H23BrN2/c1-12-4-3-9-18(12)15(2,11-17)10-13-5-7-14(16)8-6-13/h5-8,12H,3-4,9-11,17H2,1-2H3. The van der Waals surface area contributed by atoms with E-state index in [4.69, 9.17) is 5.73 Å². The van der Waals surface area contributed by atoms with E-state index in [2.05, 4.69) is 58.9 Å². The Morgan fingerprint density at radius 3 is 2.56 bits per heavy atom. The minimum Gasteiger partial charge on any atom is -0.329 e. The van der Waals surface area contributed by atoms with Gasteiger partial charge >= 0.3 is 0 Å². The number of halogens is 1. The van der Waals surface area contributed by atoms with Gasteiger partial charge in [-0.05, 0) is 57.4 Å². The van der Waals surface area contributed by atoms with Gasteiger partial charge in [-0.2, -0.15) is 0 Å². The maximum absolute atomic E-state index is 6.08. The van der Waals surface area contributed by atoms with Crippen LogP contribution in [0.5, 0.6) is 0 Å². The molecule has 1 heterocycles. The van der Waals surface area contributed by atoms with Gasteiger partial charge in [0.25, 0.3) is 0 Å². The second-order valence-electron chi connectivity index (χ2n) is 5.69. The lowest BCUT2D eigenvalue weighted by molar-refractivity contribution is 0.103. The fraction of sp³-hybridized carbons (Fsp3) is 0.600. The molecule has 2 unspecified atom stereocenters. The molecule has 0 aromatic heterocycles. The van der Waals surface area contributed by atoms with Crippen LogP contribution in [0.4, 0.5) is 0 Å². The Bertz CT molecular complexity index is 390. The van der Waals surface area contributed by atoms with Crippen LogP contribution in [-0.2, 0) is 6.42 Å². The van der Waals surface area contributed by atoms with Gasteiger partial charge in [0, 0.05) is 22.6 Å². The van der Waals surface area contributed by atoms with Crippen molar-refractivity contribution >= 4 is 15.9 Å². The zero-order valence-electron chi connectivity index (χ0n) is 11.3. The number of nitrogens with zero attached hydrogens (tertiary/aromatic N) is 1. The van der Waals surface area contributed by atoms with E-state index in [9.17, 15) is 0 Å². The first-order valence-electron chi connectivity index (χ1n) is 6.76. The second kappa shape index (κ2) is 5.72. The Morgan fingerprint density at radius 1 is 1.39 bits per heavy atom. The molecule has 0 saturated carbocycles. The Hall–Kier alpha value is -0.380. The van der Waals surface area contributed by atoms with Crippen LogP contribution in [-0.4, -0.2) is 29.6 Å². The van der Waals surface area contributed by atoms with E-state index in [1.54, 1.807) is 0 Å². The van der Waals surface area contributed by atoms with Crippen LogP contribution in [0.1, 0.15) is 32.3 Å². The van der Waals surface area contributed by atoms with Crippen molar-refractivity contribution in [3.63, 3.8) is 0 Å². The van der Waals surface area contributed by atoms with Crippen molar-refractivity contribution in [3.8, 4) is 0 Å². The predicted molar refractivity (Wildman–Crippen MR) is 80.7 cm³/mol. The minimum atomic E-state index is 0.0870. The van der Waals surface area contributed by atoms with E-state index in [0.717, 1.165) is 10.9 Å². The third-order valence-corrected chi connectivity index (χ3v) is 4.71. The molecule has 1 aliphatic heterocycles. The lowest BCUT2D eigenvalue weighted by atomic mass is 9.90. The lowest BCUT2D eigenvalue weighted by Gasteiger charge is -2.41. The van der Waals surface area contributed by atoms with Crippen molar-refractivity contribution in [2.45, 2.75) is 44.7 Å². The van der Waals surface area contributed by atoms with Crippen molar-refractivity contribution in [1.82, 2.24) is 4.90 Å². The van der Waals surface area contributed by atoms with Gasteiger partial charge in [0.2, 0.25) is 0 Å². The molecule has 0 aliphatic carbocycles. The van der Waals surface area contributed by atoms with Gasteiger partial charge in [0.1, 0.15) is 0 Å².